The second-order valence-electron chi connectivity index (χ2n) is 5.96. The Kier molecular flexibility index (Phi) is 6.17. The highest BCUT2D eigenvalue weighted by molar-refractivity contribution is 6.28. The van der Waals surface area contributed by atoms with Crippen LogP contribution in [0.2, 0.25) is 5.28 Å². The number of rotatable bonds is 5. The molecule has 29 heavy (non-hydrogen) atoms. The van der Waals surface area contributed by atoms with Crippen LogP contribution in [0.15, 0.2) is 60.3 Å². The summed E-state index contributed by atoms with van der Waals surface area (Å²) in [7, 11) is 0. The van der Waals surface area contributed by atoms with Crippen LogP contribution in [0.4, 0.5) is 10.1 Å². The SMILES string of the molecule is Cc1ccc(NC(=O)/C(C#N)=C/c2cccc(Oc3nc(Cl)ncc3F)c2)cc1. The number of nitrogens with one attached hydrogen (secondary N) is 1. The lowest BCUT2D eigenvalue weighted by Crippen LogP contribution is -2.13. The topological polar surface area (TPSA) is 87.9 Å². The summed E-state index contributed by atoms with van der Waals surface area (Å²) in [5.41, 5.74) is 2.05. The third-order valence-electron chi connectivity index (χ3n) is 3.74. The fraction of sp³-hybridized carbons (Fsp3) is 0.0476. The lowest BCUT2D eigenvalue weighted by molar-refractivity contribution is -0.112. The number of ether oxygens (including phenoxy) is 1. The van der Waals surface area contributed by atoms with Crippen LogP contribution < -0.4 is 10.1 Å². The molecule has 1 amide bonds. The van der Waals surface area contributed by atoms with Gasteiger partial charge in [0.15, 0.2) is 0 Å². The Morgan fingerprint density at radius 1 is 1.28 bits per heavy atom. The molecule has 0 spiro atoms. The van der Waals surface area contributed by atoms with Gasteiger partial charge in [-0.05, 0) is 54.4 Å². The Balaban J connectivity index is 1.80. The summed E-state index contributed by atoms with van der Waals surface area (Å²) in [6, 6.07) is 15.5. The van der Waals surface area contributed by atoms with E-state index in [2.05, 4.69) is 15.3 Å². The quantitative estimate of drug-likeness (QED) is 0.368. The molecule has 0 aliphatic carbocycles. The molecule has 1 N–H and O–H groups in total. The number of nitriles is 1. The van der Waals surface area contributed by atoms with Crippen molar-refractivity contribution in [3.05, 3.63) is 82.5 Å². The maximum atomic E-state index is 13.7. The minimum Gasteiger partial charge on any atom is -0.436 e. The Bertz CT molecular complexity index is 1120. The molecular formula is C21H14ClFN4O2. The molecule has 1 aromatic heterocycles. The van der Waals surface area contributed by atoms with Crippen LogP contribution in [0.1, 0.15) is 11.1 Å². The van der Waals surface area contributed by atoms with Crippen LogP contribution in [-0.2, 0) is 4.79 Å². The first-order valence-electron chi connectivity index (χ1n) is 8.40. The lowest BCUT2D eigenvalue weighted by atomic mass is 10.1. The van der Waals surface area contributed by atoms with Crippen molar-refractivity contribution in [2.75, 3.05) is 5.32 Å². The number of halogens is 2. The van der Waals surface area contributed by atoms with Crippen LogP contribution in [0, 0.1) is 24.1 Å². The Morgan fingerprint density at radius 3 is 2.76 bits per heavy atom. The Morgan fingerprint density at radius 2 is 2.03 bits per heavy atom. The summed E-state index contributed by atoms with van der Waals surface area (Å²) in [5.74, 6) is -1.39. The average molecular weight is 409 g/mol. The van der Waals surface area contributed by atoms with Gasteiger partial charge in [-0.1, -0.05) is 29.8 Å². The van der Waals surface area contributed by atoms with Crippen molar-refractivity contribution in [1.29, 1.82) is 5.26 Å². The molecule has 6 nitrogen and oxygen atoms in total. The maximum Gasteiger partial charge on any atom is 0.266 e. The zero-order valence-corrected chi connectivity index (χ0v) is 15.9. The molecule has 3 rings (SSSR count). The predicted molar refractivity (Wildman–Crippen MR) is 107 cm³/mol. The summed E-state index contributed by atoms with van der Waals surface area (Å²) in [6.45, 7) is 1.93. The third kappa shape index (κ3) is 5.37. The van der Waals surface area contributed by atoms with Gasteiger partial charge in [0.2, 0.25) is 11.1 Å². The Hall–Kier alpha value is -3.76. The van der Waals surface area contributed by atoms with Gasteiger partial charge in [0.1, 0.15) is 17.4 Å². The number of hydrogen-bond donors (Lipinski definition) is 1. The van der Waals surface area contributed by atoms with Gasteiger partial charge < -0.3 is 10.1 Å². The largest absolute Gasteiger partial charge is 0.436 e. The number of hydrogen-bond acceptors (Lipinski definition) is 5. The molecule has 3 aromatic rings. The van der Waals surface area contributed by atoms with Gasteiger partial charge in [0.05, 0.1) is 6.20 Å². The number of carbonyl (C=O) groups is 1. The number of aromatic nitrogens is 2. The van der Waals surface area contributed by atoms with E-state index in [0.717, 1.165) is 11.8 Å². The number of carbonyl (C=O) groups excluding carboxylic acids is 1. The predicted octanol–water partition coefficient (Wildman–Crippen LogP) is 4.92. The molecule has 144 valence electrons. The maximum absolute atomic E-state index is 13.7. The van der Waals surface area contributed by atoms with Crippen LogP contribution in [0.5, 0.6) is 11.6 Å². The Labute approximate surface area is 171 Å². The van der Waals surface area contributed by atoms with E-state index in [0.29, 0.717) is 11.3 Å². The minimum atomic E-state index is -0.773. The van der Waals surface area contributed by atoms with Gasteiger partial charge in [0.25, 0.3) is 11.8 Å². The van der Waals surface area contributed by atoms with Crippen molar-refractivity contribution >= 4 is 29.3 Å². The molecule has 2 aromatic carbocycles. The summed E-state index contributed by atoms with van der Waals surface area (Å²) in [5, 5.41) is 11.9. The summed E-state index contributed by atoms with van der Waals surface area (Å²) >= 11 is 5.65. The summed E-state index contributed by atoms with van der Waals surface area (Å²) in [6.07, 6.45) is 2.30. The molecular weight excluding hydrogens is 395 g/mol. The minimum absolute atomic E-state index is 0.0982. The smallest absolute Gasteiger partial charge is 0.266 e. The molecule has 0 atom stereocenters. The van der Waals surface area contributed by atoms with E-state index in [-0.39, 0.29) is 22.5 Å². The van der Waals surface area contributed by atoms with E-state index < -0.39 is 11.7 Å². The van der Waals surface area contributed by atoms with Gasteiger partial charge >= 0.3 is 0 Å². The zero-order valence-electron chi connectivity index (χ0n) is 15.2. The highest BCUT2D eigenvalue weighted by Crippen LogP contribution is 2.24. The number of amides is 1. The molecule has 0 aliphatic heterocycles. The molecule has 0 radical (unpaired) electrons. The van der Waals surface area contributed by atoms with Crippen LogP contribution in [0.3, 0.4) is 0 Å². The first-order chi connectivity index (χ1) is 13.9. The molecule has 8 heteroatoms. The van der Waals surface area contributed by atoms with Gasteiger partial charge in [-0.15, -0.1) is 0 Å². The highest BCUT2D eigenvalue weighted by atomic mass is 35.5. The molecule has 0 aliphatic rings. The van der Waals surface area contributed by atoms with E-state index in [9.17, 15) is 14.4 Å². The monoisotopic (exact) mass is 408 g/mol. The van der Waals surface area contributed by atoms with Crippen molar-refractivity contribution < 1.29 is 13.9 Å². The van der Waals surface area contributed by atoms with Gasteiger partial charge in [0, 0.05) is 5.69 Å². The van der Waals surface area contributed by atoms with E-state index in [1.807, 2.05) is 25.1 Å². The lowest BCUT2D eigenvalue weighted by Gasteiger charge is -2.07. The number of aryl methyl sites for hydroxylation is 1. The first kappa shape index (κ1) is 20.0. The van der Waals surface area contributed by atoms with Crippen LogP contribution >= 0.6 is 11.6 Å². The van der Waals surface area contributed by atoms with E-state index in [1.54, 1.807) is 30.3 Å². The van der Waals surface area contributed by atoms with E-state index >= 15 is 0 Å². The molecule has 0 saturated carbocycles. The van der Waals surface area contributed by atoms with Crippen LogP contribution in [-0.4, -0.2) is 15.9 Å². The molecule has 1 heterocycles. The first-order valence-corrected chi connectivity index (χ1v) is 8.78. The van der Waals surface area contributed by atoms with Crippen molar-refractivity contribution in [1.82, 2.24) is 9.97 Å². The normalized spacial score (nSPS) is 10.9. The average Bonchev–Trinajstić information content (AvgIpc) is 2.71. The molecule has 0 saturated heterocycles. The molecule has 0 fully saturated rings. The highest BCUT2D eigenvalue weighted by Gasteiger charge is 2.11. The standard InChI is InChI=1S/C21H14ClFN4O2/c1-13-5-7-16(8-6-13)26-19(28)15(11-24)9-14-3-2-4-17(10-14)29-20-18(23)12-25-21(22)27-20/h2-10,12H,1H3,(H,26,28)/b15-9+. The third-order valence-corrected chi connectivity index (χ3v) is 3.92. The van der Waals surface area contributed by atoms with Crippen molar-refractivity contribution in [3.63, 3.8) is 0 Å². The van der Waals surface area contributed by atoms with Gasteiger partial charge in [-0.2, -0.15) is 14.6 Å². The van der Waals surface area contributed by atoms with Gasteiger partial charge in [-0.25, -0.2) is 4.98 Å². The number of anilines is 1. The number of nitrogens with zero attached hydrogens (tertiary/aromatic N) is 3. The zero-order chi connectivity index (χ0) is 20.8. The van der Waals surface area contributed by atoms with Crippen molar-refractivity contribution in [3.8, 4) is 17.7 Å². The fourth-order valence-electron chi connectivity index (χ4n) is 2.33. The second-order valence-corrected chi connectivity index (χ2v) is 6.29. The van der Waals surface area contributed by atoms with Gasteiger partial charge in [-0.3, -0.25) is 4.79 Å². The molecule has 0 bridgehead atoms. The van der Waals surface area contributed by atoms with Crippen molar-refractivity contribution in [2.24, 2.45) is 0 Å². The van der Waals surface area contributed by atoms with Crippen molar-refractivity contribution in [2.45, 2.75) is 6.92 Å². The fourth-order valence-corrected chi connectivity index (χ4v) is 2.46. The van der Waals surface area contributed by atoms with E-state index in [1.165, 1.54) is 12.1 Å². The molecule has 0 unspecified atom stereocenters. The van der Waals surface area contributed by atoms with E-state index in [4.69, 9.17) is 16.3 Å². The number of benzene rings is 2. The van der Waals surface area contributed by atoms with Crippen LogP contribution in [0.25, 0.3) is 6.08 Å². The summed E-state index contributed by atoms with van der Waals surface area (Å²) in [4.78, 5) is 19.6. The summed E-state index contributed by atoms with van der Waals surface area (Å²) < 4.78 is 19.1. The second kappa shape index (κ2) is 8.95.